The molecule has 0 heterocycles. The number of nitrogens with zero attached hydrogens (tertiary/aromatic N) is 2. The van der Waals surface area contributed by atoms with Gasteiger partial charge in [-0.25, -0.2) is 0 Å². The Labute approximate surface area is 118 Å². The number of nitro benzene ring substituents is 1. The number of nitro groups is 1. The van der Waals surface area contributed by atoms with Crippen molar-refractivity contribution < 1.29 is 4.92 Å². The van der Waals surface area contributed by atoms with E-state index in [-0.39, 0.29) is 5.69 Å². The number of anilines is 1. The number of hydrogen-bond acceptors (Lipinski definition) is 4. The van der Waals surface area contributed by atoms with Gasteiger partial charge < -0.3 is 10.2 Å². The first-order chi connectivity index (χ1) is 9.10. The topological polar surface area (TPSA) is 58.4 Å². The van der Waals surface area contributed by atoms with Crippen molar-refractivity contribution in [3.63, 3.8) is 0 Å². The molecule has 0 radical (unpaired) electrons. The third kappa shape index (κ3) is 4.69. The van der Waals surface area contributed by atoms with Crippen LogP contribution in [0.5, 0.6) is 0 Å². The molecule has 0 saturated heterocycles. The Morgan fingerprint density at radius 3 is 2.68 bits per heavy atom. The van der Waals surface area contributed by atoms with Crippen molar-refractivity contribution in [2.45, 2.75) is 20.3 Å². The van der Waals surface area contributed by atoms with Gasteiger partial charge in [-0.05, 0) is 25.6 Å². The predicted molar refractivity (Wildman–Crippen MR) is 79.0 cm³/mol. The first kappa shape index (κ1) is 15.7. The monoisotopic (exact) mass is 285 g/mol. The van der Waals surface area contributed by atoms with E-state index in [4.69, 9.17) is 11.6 Å². The number of likely N-dealkylation sites (N-methyl/N-ethyl adjacent to an activating group) is 1. The third-order valence-electron chi connectivity index (χ3n) is 2.91. The molecule has 0 unspecified atom stereocenters. The fraction of sp³-hybridized carbons (Fsp3) is 0.538. The van der Waals surface area contributed by atoms with Crippen LogP contribution in [-0.2, 0) is 0 Å². The molecule has 0 aliphatic carbocycles. The molecule has 106 valence electrons. The highest BCUT2D eigenvalue weighted by molar-refractivity contribution is 6.33. The van der Waals surface area contributed by atoms with Gasteiger partial charge in [0.25, 0.3) is 5.69 Å². The summed E-state index contributed by atoms with van der Waals surface area (Å²) in [5.74, 6) is 0. The van der Waals surface area contributed by atoms with Crippen LogP contribution in [0.25, 0.3) is 0 Å². The van der Waals surface area contributed by atoms with Crippen LogP contribution in [0.3, 0.4) is 0 Å². The lowest BCUT2D eigenvalue weighted by Gasteiger charge is -2.20. The summed E-state index contributed by atoms with van der Waals surface area (Å²) in [6.45, 7) is 7.72. The highest BCUT2D eigenvalue weighted by Crippen LogP contribution is 2.31. The van der Waals surface area contributed by atoms with Gasteiger partial charge in [0.05, 0.1) is 9.95 Å². The second-order valence-electron chi connectivity index (χ2n) is 4.25. The molecule has 0 aromatic heterocycles. The SMILES string of the molecule is CCCN(CC)CCNc1c(Cl)cccc1[N+](=O)[O-]. The maximum absolute atomic E-state index is 10.9. The molecule has 0 atom stereocenters. The average Bonchev–Trinajstić information content (AvgIpc) is 2.39. The van der Waals surface area contributed by atoms with Gasteiger partial charge in [-0.15, -0.1) is 0 Å². The van der Waals surface area contributed by atoms with E-state index in [1.54, 1.807) is 12.1 Å². The summed E-state index contributed by atoms with van der Waals surface area (Å²) in [5, 5.41) is 14.4. The van der Waals surface area contributed by atoms with Gasteiger partial charge >= 0.3 is 0 Å². The van der Waals surface area contributed by atoms with Crippen LogP contribution in [0.1, 0.15) is 20.3 Å². The molecule has 1 N–H and O–H groups in total. The van der Waals surface area contributed by atoms with E-state index in [1.165, 1.54) is 6.07 Å². The summed E-state index contributed by atoms with van der Waals surface area (Å²) in [7, 11) is 0. The lowest BCUT2D eigenvalue weighted by atomic mass is 10.2. The summed E-state index contributed by atoms with van der Waals surface area (Å²) in [5.41, 5.74) is 0.424. The molecular weight excluding hydrogens is 266 g/mol. The molecular formula is C13H20ClN3O2. The second kappa shape index (κ2) is 7.96. The van der Waals surface area contributed by atoms with Crippen LogP contribution >= 0.6 is 11.6 Å². The lowest BCUT2D eigenvalue weighted by molar-refractivity contribution is -0.383. The molecule has 1 aromatic carbocycles. The van der Waals surface area contributed by atoms with Crippen LogP contribution in [-0.4, -0.2) is 36.0 Å². The van der Waals surface area contributed by atoms with Crippen molar-refractivity contribution in [3.8, 4) is 0 Å². The first-order valence-corrected chi connectivity index (χ1v) is 6.87. The van der Waals surface area contributed by atoms with Crippen LogP contribution < -0.4 is 5.32 Å². The van der Waals surface area contributed by atoms with Crippen molar-refractivity contribution in [1.82, 2.24) is 4.90 Å². The minimum Gasteiger partial charge on any atom is -0.377 e. The zero-order valence-electron chi connectivity index (χ0n) is 11.4. The first-order valence-electron chi connectivity index (χ1n) is 6.49. The molecule has 19 heavy (non-hydrogen) atoms. The zero-order chi connectivity index (χ0) is 14.3. The summed E-state index contributed by atoms with van der Waals surface area (Å²) in [6.07, 6.45) is 1.10. The van der Waals surface area contributed by atoms with E-state index in [0.717, 1.165) is 26.1 Å². The Bertz CT molecular complexity index is 426. The Morgan fingerprint density at radius 1 is 1.37 bits per heavy atom. The molecule has 0 spiro atoms. The molecule has 5 nitrogen and oxygen atoms in total. The summed E-state index contributed by atoms with van der Waals surface area (Å²) >= 11 is 6.00. The van der Waals surface area contributed by atoms with Gasteiger partial charge in [-0.1, -0.05) is 31.5 Å². The molecule has 6 heteroatoms. The van der Waals surface area contributed by atoms with Crippen molar-refractivity contribution >= 4 is 23.0 Å². The number of hydrogen-bond donors (Lipinski definition) is 1. The van der Waals surface area contributed by atoms with Gasteiger partial charge in [0.15, 0.2) is 0 Å². The van der Waals surface area contributed by atoms with E-state index in [9.17, 15) is 10.1 Å². The summed E-state index contributed by atoms with van der Waals surface area (Å²) in [6, 6.07) is 4.69. The third-order valence-corrected chi connectivity index (χ3v) is 3.22. The Morgan fingerprint density at radius 2 is 2.11 bits per heavy atom. The Kier molecular flexibility index (Phi) is 6.59. The van der Waals surface area contributed by atoms with Gasteiger partial charge in [0.2, 0.25) is 0 Å². The molecule has 0 bridgehead atoms. The van der Waals surface area contributed by atoms with Crippen LogP contribution in [0.4, 0.5) is 11.4 Å². The minimum absolute atomic E-state index is 0.0195. The molecule has 0 aliphatic rings. The van der Waals surface area contributed by atoms with Crippen LogP contribution in [0.15, 0.2) is 18.2 Å². The molecule has 1 rings (SSSR count). The summed E-state index contributed by atoms with van der Waals surface area (Å²) in [4.78, 5) is 12.8. The smallest absolute Gasteiger partial charge is 0.293 e. The van der Waals surface area contributed by atoms with E-state index >= 15 is 0 Å². The zero-order valence-corrected chi connectivity index (χ0v) is 12.1. The van der Waals surface area contributed by atoms with E-state index in [2.05, 4.69) is 24.1 Å². The van der Waals surface area contributed by atoms with Gasteiger partial charge in [0, 0.05) is 19.2 Å². The highest BCUT2D eigenvalue weighted by Gasteiger charge is 2.16. The Balaban J connectivity index is 2.64. The van der Waals surface area contributed by atoms with Gasteiger partial charge in [-0.2, -0.15) is 0 Å². The normalized spacial score (nSPS) is 10.7. The number of halogens is 1. The average molecular weight is 286 g/mol. The van der Waals surface area contributed by atoms with Crippen molar-refractivity contribution in [2.24, 2.45) is 0 Å². The summed E-state index contributed by atoms with van der Waals surface area (Å²) < 4.78 is 0. The van der Waals surface area contributed by atoms with Crippen molar-refractivity contribution in [3.05, 3.63) is 33.3 Å². The number of nitrogens with one attached hydrogen (secondary N) is 1. The number of rotatable bonds is 8. The lowest BCUT2D eigenvalue weighted by Crippen LogP contribution is -2.29. The molecule has 1 aromatic rings. The highest BCUT2D eigenvalue weighted by atomic mass is 35.5. The van der Waals surface area contributed by atoms with Gasteiger partial charge in [-0.3, -0.25) is 10.1 Å². The van der Waals surface area contributed by atoms with E-state index in [0.29, 0.717) is 17.3 Å². The minimum atomic E-state index is -0.419. The maximum Gasteiger partial charge on any atom is 0.293 e. The fourth-order valence-corrected chi connectivity index (χ4v) is 2.16. The van der Waals surface area contributed by atoms with Crippen molar-refractivity contribution in [1.29, 1.82) is 0 Å². The predicted octanol–water partition coefficient (Wildman–Crippen LogP) is 3.39. The largest absolute Gasteiger partial charge is 0.377 e. The van der Waals surface area contributed by atoms with E-state index in [1.807, 2.05) is 0 Å². The number of benzene rings is 1. The maximum atomic E-state index is 10.9. The number of para-hydroxylation sites is 1. The van der Waals surface area contributed by atoms with Gasteiger partial charge in [0.1, 0.15) is 5.69 Å². The fourth-order valence-electron chi connectivity index (χ4n) is 1.92. The molecule has 0 saturated carbocycles. The quantitative estimate of drug-likeness (QED) is 0.587. The van der Waals surface area contributed by atoms with E-state index < -0.39 is 4.92 Å². The van der Waals surface area contributed by atoms with Crippen LogP contribution in [0, 0.1) is 10.1 Å². The standard InChI is InChI=1S/C13H20ClN3O2/c1-3-9-16(4-2)10-8-15-13-11(14)6-5-7-12(13)17(18)19/h5-7,15H,3-4,8-10H2,1-2H3. The van der Waals surface area contributed by atoms with Crippen molar-refractivity contribution in [2.75, 3.05) is 31.5 Å². The van der Waals surface area contributed by atoms with Crippen LogP contribution in [0.2, 0.25) is 5.02 Å². The molecule has 0 amide bonds. The molecule has 0 fully saturated rings. The second-order valence-corrected chi connectivity index (χ2v) is 4.66. The Hall–Kier alpha value is -1.33. The molecule has 0 aliphatic heterocycles.